The molecule has 1 aromatic rings. The van der Waals surface area contributed by atoms with Gasteiger partial charge in [0.1, 0.15) is 12.2 Å². The second-order valence-corrected chi connectivity index (χ2v) is 10.7. The van der Waals surface area contributed by atoms with Crippen LogP contribution in [-0.4, -0.2) is 63.8 Å². The Kier molecular flexibility index (Phi) is 7.58. The van der Waals surface area contributed by atoms with Crippen LogP contribution in [0.25, 0.3) is 0 Å². The van der Waals surface area contributed by atoms with Gasteiger partial charge in [0.05, 0.1) is 6.61 Å². The maximum Gasteiger partial charge on any atom is 0.490 e. The van der Waals surface area contributed by atoms with Gasteiger partial charge in [0.2, 0.25) is 0 Å². The van der Waals surface area contributed by atoms with Gasteiger partial charge in [-0.25, -0.2) is 18.5 Å². The fraction of sp³-hybridized carbons (Fsp3) is 0.500. The minimum atomic E-state index is -5.79. The number of nitrogens with zero attached hydrogens (tertiary/aromatic N) is 1. The van der Waals surface area contributed by atoms with E-state index in [4.69, 9.17) is 25.8 Å². The first-order chi connectivity index (χ1) is 14.4. The van der Waals surface area contributed by atoms with Gasteiger partial charge in [0.15, 0.2) is 11.8 Å². The van der Waals surface area contributed by atoms with Gasteiger partial charge in [-0.05, 0) is 6.92 Å². The van der Waals surface area contributed by atoms with Crippen molar-refractivity contribution in [3.8, 4) is 12.3 Å². The van der Waals surface area contributed by atoms with Crippen molar-refractivity contribution < 1.29 is 61.4 Å². The molecule has 3 unspecified atom stereocenters. The highest BCUT2D eigenvalue weighted by Crippen LogP contribution is 2.66. The number of ether oxygens (including phenoxy) is 1. The molecule has 0 saturated carbocycles. The fourth-order valence-electron chi connectivity index (χ4n) is 2.70. The van der Waals surface area contributed by atoms with Crippen LogP contribution in [0.3, 0.4) is 0 Å². The summed E-state index contributed by atoms with van der Waals surface area (Å²) >= 11 is 0. The molecule has 2 rings (SSSR count). The van der Waals surface area contributed by atoms with Crippen molar-refractivity contribution in [2.75, 3.05) is 6.61 Å². The second kappa shape index (κ2) is 9.05. The van der Waals surface area contributed by atoms with E-state index in [0.717, 1.165) is 6.07 Å². The highest BCUT2D eigenvalue weighted by atomic mass is 31.3. The molecule has 180 valence electrons. The van der Waals surface area contributed by atoms with Crippen LogP contribution in [0.2, 0.25) is 0 Å². The zero-order valence-corrected chi connectivity index (χ0v) is 18.4. The number of aromatic amines is 1. The molecule has 1 fully saturated rings. The number of hydrogen-bond acceptors (Lipinski definition) is 11. The van der Waals surface area contributed by atoms with E-state index in [1.165, 1.54) is 6.92 Å². The van der Waals surface area contributed by atoms with Crippen molar-refractivity contribution >= 4 is 23.5 Å². The lowest BCUT2D eigenvalue weighted by Gasteiger charge is -2.27. The second-order valence-electron chi connectivity index (χ2n) is 6.28. The number of aromatic nitrogens is 2. The number of phosphoric acid groups is 3. The first-order valence-electron chi connectivity index (χ1n) is 8.05. The van der Waals surface area contributed by atoms with Gasteiger partial charge in [0, 0.05) is 11.8 Å². The van der Waals surface area contributed by atoms with Gasteiger partial charge in [0.25, 0.3) is 5.56 Å². The van der Waals surface area contributed by atoms with Crippen molar-refractivity contribution in [1.29, 1.82) is 0 Å². The Labute approximate surface area is 177 Å². The van der Waals surface area contributed by atoms with E-state index in [1.54, 1.807) is 0 Å². The normalized spacial score (nSPS) is 29.8. The Morgan fingerprint density at radius 1 is 1.22 bits per heavy atom. The summed E-state index contributed by atoms with van der Waals surface area (Å²) in [4.78, 5) is 61.0. The number of terminal acetylenes is 1. The molecule has 1 aromatic heterocycles. The number of aliphatic hydroxyl groups is 2. The number of phosphoric ester groups is 1. The summed E-state index contributed by atoms with van der Waals surface area (Å²) < 4.78 is 51.1. The molecule has 0 amide bonds. The van der Waals surface area contributed by atoms with Crippen LogP contribution >= 0.6 is 23.5 Å². The van der Waals surface area contributed by atoms with Gasteiger partial charge in [-0.2, -0.15) is 8.62 Å². The van der Waals surface area contributed by atoms with E-state index in [2.05, 4.69) is 13.1 Å². The molecule has 1 saturated heterocycles. The van der Waals surface area contributed by atoms with Crippen molar-refractivity contribution in [3.63, 3.8) is 0 Å². The number of rotatable bonds is 8. The summed E-state index contributed by atoms with van der Waals surface area (Å²) in [5.74, 6) is 1.82. The molecule has 17 nitrogen and oxygen atoms in total. The lowest BCUT2D eigenvalue weighted by Crippen LogP contribution is -2.48. The van der Waals surface area contributed by atoms with E-state index < -0.39 is 65.4 Å². The van der Waals surface area contributed by atoms with Gasteiger partial charge >= 0.3 is 29.2 Å². The predicted molar refractivity (Wildman–Crippen MR) is 99.6 cm³/mol. The number of nitrogens with one attached hydrogen (secondary N) is 1. The molecule has 1 aliphatic rings. The van der Waals surface area contributed by atoms with Crippen LogP contribution in [0.1, 0.15) is 11.9 Å². The number of aliphatic hydroxyl groups excluding tert-OH is 1. The van der Waals surface area contributed by atoms with E-state index in [1.807, 2.05) is 10.9 Å². The maximum atomic E-state index is 12.1. The smallest absolute Gasteiger partial charge is 0.386 e. The standard InChI is InChI=1S/C12H17N2O15P3/c1-3-12(18)9(16)7(27-10(12)14-6(2)4-8(15)13-11(14)17)5-26-31(22,23)29-32(24,25)28-30(19,20)21/h1,4,7,9-10,16,18H,5H2,2H3,(H,22,23)(H,24,25)(H,13,15,17)(H2,19,20,21)/t7-,9+,10-,12?/m1/s1. The predicted octanol–water partition coefficient (Wildman–Crippen LogP) is -2.19. The summed E-state index contributed by atoms with van der Waals surface area (Å²) in [5.41, 5.74) is -4.51. The highest BCUT2D eigenvalue weighted by molar-refractivity contribution is 7.66. The first-order valence-corrected chi connectivity index (χ1v) is 12.6. The van der Waals surface area contributed by atoms with Crippen molar-refractivity contribution in [2.24, 2.45) is 0 Å². The summed E-state index contributed by atoms with van der Waals surface area (Å²) in [6.07, 6.45) is -0.386. The van der Waals surface area contributed by atoms with Crippen LogP contribution in [0.5, 0.6) is 0 Å². The molecule has 1 aliphatic heterocycles. The minimum absolute atomic E-state index is 0.0434. The molecule has 32 heavy (non-hydrogen) atoms. The quantitative estimate of drug-likeness (QED) is 0.141. The maximum absolute atomic E-state index is 12.1. The largest absolute Gasteiger partial charge is 0.490 e. The number of hydrogen-bond donors (Lipinski definition) is 7. The molecule has 6 atom stereocenters. The topological polar surface area (TPSA) is 264 Å². The van der Waals surface area contributed by atoms with Crippen LogP contribution in [-0.2, 0) is 31.6 Å². The zero-order valence-electron chi connectivity index (χ0n) is 15.7. The van der Waals surface area contributed by atoms with Crippen LogP contribution in [0, 0.1) is 19.3 Å². The SMILES string of the molecule is C#CC1(O)[C@@H](O)[C@@H](COP(=O)(O)OP(=O)(O)OP(=O)(O)O)O[C@H]1n1c(C)cc(=O)[nH]c1=O. The van der Waals surface area contributed by atoms with Gasteiger partial charge in [-0.3, -0.25) is 18.9 Å². The first kappa shape index (κ1) is 26.8. The summed E-state index contributed by atoms with van der Waals surface area (Å²) in [7, 11) is -17.0. The van der Waals surface area contributed by atoms with Crippen LogP contribution in [0.15, 0.2) is 15.7 Å². The van der Waals surface area contributed by atoms with Crippen LogP contribution < -0.4 is 11.2 Å². The van der Waals surface area contributed by atoms with E-state index >= 15 is 0 Å². The van der Waals surface area contributed by atoms with Crippen LogP contribution in [0.4, 0.5) is 0 Å². The van der Waals surface area contributed by atoms with E-state index in [-0.39, 0.29) is 5.69 Å². The Bertz CT molecular complexity index is 1180. The number of aryl methyl sites for hydroxylation is 1. The molecular formula is C12H17N2O15P3. The molecular weight excluding hydrogens is 505 g/mol. The zero-order chi connectivity index (χ0) is 24.7. The molecule has 0 radical (unpaired) electrons. The third kappa shape index (κ3) is 6.10. The van der Waals surface area contributed by atoms with Crippen molar-refractivity contribution in [1.82, 2.24) is 9.55 Å². The molecule has 0 spiro atoms. The third-order valence-corrected chi connectivity index (χ3v) is 7.74. The monoisotopic (exact) mass is 522 g/mol. The Morgan fingerprint density at radius 3 is 2.31 bits per heavy atom. The lowest BCUT2D eigenvalue weighted by atomic mass is 9.95. The Hall–Kier alpha value is -1.47. The average Bonchev–Trinajstić information content (AvgIpc) is 2.81. The molecule has 0 aromatic carbocycles. The van der Waals surface area contributed by atoms with Gasteiger partial charge in [-0.15, -0.1) is 6.42 Å². The van der Waals surface area contributed by atoms with E-state index in [0.29, 0.717) is 4.57 Å². The fourth-order valence-corrected chi connectivity index (χ4v) is 5.73. The minimum Gasteiger partial charge on any atom is -0.386 e. The van der Waals surface area contributed by atoms with Gasteiger partial charge < -0.3 is 34.5 Å². The molecule has 7 N–H and O–H groups in total. The lowest BCUT2D eigenvalue weighted by molar-refractivity contribution is -0.0771. The molecule has 2 heterocycles. The van der Waals surface area contributed by atoms with Crippen molar-refractivity contribution in [3.05, 3.63) is 32.6 Å². The third-order valence-electron chi connectivity index (χ3n) is 3.94. The Morgan fingerprint density at radius 2 is 1.81 bits per heavy atom. The summed E-state index contributed by atoms with van der Waals surface area (Å²) in [6, 6.07) is 0.952. The van der Waals surface area contributed by atoms with Gasteiger partial charge in [-0.1, -0.05) is 5.92 Å². The van der Waals surface area contributed by atoms with Crippen molar-refractivity contribution in [2.45, 2.75) is 31.0 Å². The summed E-state index contributed by atoms with van der Waals surface area (Å²) in [5, 5.41) is 21.0. The number of H-pyrrole nitrogens is 1. The average molecular weight is 522 g/mol. The Balaban J connectivity index is 2.24. The van der Waals surface area contributed by atoms with E-state index in [9.17, 15) is 38.4 Å². The molecule has 0 bridgehead atoms. The summed E-state index contributed by atoms with van der Waals surface area (Å²) in [6.45, 7) is 0.130. The molecule has 20 heteroatoms. The molecule has 0 aliphatic carbocycles. The highest BCUT2D eigenvalue weighted by Gasteiger charge is 2.57.